The minimum absolute atomic E-state index is 0.115. The van der Waals surface area contributed by atoms with Crippen LogP contribution >= 0.6 is 0 Å². The Morgan fingerprint density at radius 2 is 2.18 bits per heavy atom. The summed E-state index contributed by atoms with van der Waals surface area (Å²) in [4.78, 5) is 15.2. The minimum atomic E-state index is -1.85. The lowest BCUT2D eigenvalue weighted by molar-refractivity contribution is -0.159. The summed E-state index contributed by atoms with van der Waals surface area (Å²) in [5.74, 6) is -1.23. The van der Waals surface area contributed by atoms with Gasteiger partial charge < -0.3 is 10.2 Å². The van der Waals surface area contributed by atoms with Crippen molar-refractivity contribution in [3.05, 3.63) is 42.2 Å². The molecule has 1 aromatic heterocycles. The number of benzene rings is 1. The number of nitrogens with zero attached hydrogens (tertiary/aromatic N) is 1. The number of pyridine rings is 1. The van der Waals surface area contributed by atoms with Gasteiger partial charge in [0.15, 0.2) is 5.60 Å². The van der Waals surface area contributed by atoms with Gasteiger partial charge in [-0.2, -0.15) is 0 Å². The molecular weight excluding hydrogens is 218 g/mol. The van der Waals surface area contributed by atoms with E-state index in [1.54, 1.807) is 37.5 Å². The van der Waals surface area contributed by atoms with Crippen molar-refractivity contribution < 1.29 is 15.0 Å². The number of hydrogen-bond donors (Lipinski definition) is 2. The SMILES string of the molecule is CCC(O)(C(=O)O)c1cccc2cnccc12. The number of fused-ring (bicyclic) bond motifs is 1. The first-order valence-electron chi connectivity index (χ1n) is 5.38. The summed E-state index contributed by atoms with van der Waals surface area (Å²) in [5.41, 5.74) is -1.44. The summed E-state index contributed by atoms with van der Waals surface area (Å²) in [6, 6.07) is 6.92. The van der Waals surface area contributed by atoms with Gasteiger partial charge in [0.2, 0.25) is 0 Å². The van der Waals surface area contributed by atoms with Crippen molar-refractivity contribution in [1.29, 1.82) is 0 Å². The molecular formula is C13H13NO3. The van der Waals surface area contributed by atoms with E-state index in [9.17, 15) is 15.0 Å². The topological polar surface area (TPSA) is 70.4 Å². The first-order chi connectivity index (χ1) is 8.09. The fraction of sp³-hybridized carbons (Fsp3) is 0.231. The first kappa shape index (κ1) is 11.5. The maximum atomic E-state index is 11.2. The van der Waals surface area contributed by atoms with Crippen LogP contribution in [0.2, 0.25) is 0 Å². The van der Waals surface area contributed by atoms with Gasteiger partial charge in [-0.15, -0.1) is 0 Å². The standard InChI is InChI=1S/C13H13NO3/c1-2-13(17,12(15)16)11-5-3-4-9-8-14-7-6-10(9)11/h3-8,17H,2H2,1H3,(H,15,16). The lowest BCUT2D eigenvalue weighted by atomic mass is 9.88. The van der Waals surface area contributed by atoms with Crippen molar-refractivity contribution in [3.8, 4) is 0 Å². The molecule has 1 atom stereocenters. The van der Waals surface area contributed by atoms with Gasteiger partial charge in [-0.25, -0.2) is 4.79 Å². The van der Waals surface area contributed by atoms with E-state index in [-0.39, 0.29) is 6.42 Å². The van der Waals surface area contributed by atoms with Crippen molar-refractivity contribution in [3.63, 3.8) is 0 Å². The normalized spacial score (nSPS) is 14.5. The third kappa shape index (κ3) is 1.76. The number of rotatable bonds is 3. The zero-order valence-electron chi connectivity index (χ0n) is 9.42. The quantitative estimate of drug-likeness (QED) is 0.846. The van der Waals surface area contributed by atoms with Crippen molar-refractivity contribution in [1.82, 2.24) is 4.98 Å². The maximum Gasteiger partial charge on any atom is 0.340 e. The lowest BCUT2D eigenvalue weighted by Gasteiger charge is -2.23. The predicted octanol–water partition coefficient (Wildman–Crippen LogP) is 1.92. The molecule has 2 rings (SSSR count). The molecule has 0 radical (unpaired) electrons. The zero-order chi connectivity index (χ0) is 12.5. The average molecular weight is 231 g/mol. The second-order valence-electron chi connectivity index (χ2n) is 3.92. The Labute approximate surface area is 98.5 Å². The summed E-state index contributed by atoms with van der Waals surface area (Å²) in [7, 11) is 0. The Balaban J connectivity index is 2.74. The predicted molar refractivity (Wildman–Crippen MR) is 63.6 cm³/mol. The number of hydrogen-bond acceptors (Lipinski definition) is 3. The van der Waals surface area contributed by atoms with Crippen LogP contribution in [0, 0.1) is 0 Å². The third-order valence-corrected chi connectivity index (χ3v) is 2.99. The number of carboxylic acids is 1. The molecule has 1 unspecified atom stereocenters. The molecule has 1 aromatic carbocycles. The Kier molecular flexibility index (Phi) is 2.81. The van der Waals surface area contributed by atoms with Crippen LogP contribution in [-0.2, 0) is 10.4 Å². The summed E-state index contributed by atoms with van der Waals surface area (Å²) in [5, 5.41) is 21.0. The largest absolute Gasteiger partial charge is 0.479 e. The average Bonchev–Trinajstić information content (AvgIpc) is 2.37. The number of aliphatic carboxylic acids is 1. The number of carboxylic acid groups (broad SMARTS) is 1. The molecule has 0 amide bonds. The first-order valence-corrected chi connectivity index (χ1v) is 5.38. The Bertz CT molecular complexity index is 562. The zero-order valence-corrected chi connectivity index (χ0v) is 9.42. The highest BCUT2D eigenvalue weighted by Crippen LogP contribution is 2.31. The lowest BCUT2D eigenvalue weighted by Crippen LogP contribution is -2.34. The van der Waals surface area contributed by atoms with Crippen LogP contribution < -0.4 is 0 Å². The van der Waals surface area contributed by atoms with Gasteiger partial charge in [0.1, 0.15) is 0 Å². The van der Waals surface area contributed by atoms with Crippen LogP contribution in [0.25, 0.3) is 10.8 Å². The molecule has 0 spiro atoms. The van der Waals surface area contributed by atoms with Crippen LogP contribution in [0.15, 0.2) is 36.7 Å². The molecule has 0 saturated heterocycles. The molecule has 0 aliphatic rings. The number of aromatic nitrogens is 1. The molecule has 0 fully saturated rings. The van der Waals surface area contributed by atoms with Gasteiger partial charge in [0.25, 0.3) is 0 Å². The monoisotopic (exact) mass is 231 g/mol. The summed E-state index contributed by atoms with van der Waals surface area (Å²) >= 11 is 0. The molecule has 0 aliphatic heterocycles. The fourth-order valence-electron chi connectivity index (χ4n) is 1.94. The minimum Gasteiger partial charge on any atom is -0.479 e. The van der Waals surface area contributed by atoms with Crippen LogP contribution in [-0.4, -0.2) is 21.2 Å². The molecule has 88 valence electrons. The summed E-state index contributed by atoms with van der Waals surface area (Å²) in [6.07, 6.45) is 3.35. The van der Waals surface area contributed by atoms with Crippen LogP contribution in [0.3, 0.4) is 0 Å². The second-order valence-corrected chi connectivity index (χ2v) is 3.92. The van der Waals surface area contributed by atoms with E-state index in [4.69, 9.17) is 0 Å². The van der Waals surface area contributed by atoms with Crippen molar-refractivity contribution >= 4 is 16.7 Å². The van der Waals surface area contributed by atoms with Gasteiger partial charge in [-0.3, -0.25) is 4.98 Å². The molecule has 17 heavy (non-hydrogen) atoms. The van der Waals surface area contributed by atoms with Crippen molar-refractivity contribution in [2.45, 2.75) is 18.9 Å². The molecule has 1 heterocycles. The molecule has 0 aliphatic carbocycles. The molecule has 2 aromatic rings. The van der Waals surface area contributed by atoms with E-state index in [0.29, 0.717) is 10.9 Å². The van der Waals surface area contributed by atoms with Crippen molar-refractivity contribution in [2.24, 2.45) is 0 Å². The Hall–Kier alpha value is -1.94. The number of aliphatic hydroxyl groups is 1. The Morgan fingerprint density at radius 1 is 1.41 bits per heavy atom. The highest BCUT2D eigenvalue weighted by Gasteiger charge is 2.37. The van der Waals surface area contributed by atoms with E-state index in [0.717, 1.165) is 5.39 Å². The van der Waals surface area contributed by atoms with E-state index in [2.05, 4.69) is 4.98 Å². The summed E-state index contributed by atoms with van der Waals surface area (Å²) < 4.78 is 0. The molecule has 0 saturated carbocycles. The van der Waals surface area contributed by atoms with E-state index < -0.39 is 11.6 Å². The van der Waals surface area contributed by atoms with Gasteiger partial charge >= 0.3 is 5.97 Å². The highest BCUT2D eigenvalue weighted by molar-refractivity contribution is 5.91. The molecule has 0 bridgehead atoms. The summed E-state index contributed by atoms with van der Waals surface area (Å²) in [6.45, 7) is 1.65. The second kappa shape index (κ2) is 4.14. The fourth-order valence-corrected chi connectivity index (χ4v) is 1.94. The van der Waals surface area contributed by atoms with Crippen LogP contribution in [0.5, 0.6) is 0 Å². The van der Waals surface area contributed by atoms with Crippen molar-refractivity contribution in [2.75, 3.05) is 0 Å². The maximum absolute atomic E-state index is 11.2. The van der Waals surface area contributed by atoms with Gasteiger partial charge in [0.05, 0.1) is 0 Å². The third-order valence-electron chi connectivity index (χ3n) is 2.99. The highest BCUT2D eigenvalue weighted by atomic mass is 16.4. The molecule has 2 N–H and O–H groups in total. The molecule has 4 nitrogen and oxygen atoms in total. The Morgan fingerprint density at radius 3 is 2.82 bits per heavy atom. The van der Waals surface area contributed by atoms with E-state index >= 15 is 0 Å². The van der Waals surface area contributed by atoms with E-state index in [1.165, 1.54) is 0 Å². The van der Waals surface area contributed by atoms with E-state index in [1.807, 2.05) is 6.07 Å². The molecule has 4 heteroatoms. The smallest absolute Gasteiger partial charge is 0.340 e. The van der Waals surface area contributed by atoms with Crippen LogP contribution in [0.1, 0.15) is 18.9 Å². The van der Waals surface area contributed by atoms with Gasteiger partial charge in [0, 0.05) is 23.3 Å². The van der Waals surface area contributed by atoms with Crippen LogP contribution in [0.4, 0.5) is 0 Å². The van der Waals surface area contributed by atoms with Gasteiger partial charge in [-0.1, -0.05) is 25.1 Å². The van der Waals surface area contributed by atoms with Gasteiger partial charge in [-0.05, 0) is 17.9 Å². The number of carbonyl (C=O) groups is 1.